The zero-order valence-corrected chi connectivity index (χ0v) is 21.2. The SMILES string of the molecule is CCc1ccccc1NC(=O)[C@H]1CCCN(S(=O)(=O)c2ccc3c(c2)C[C@@H](C)N3C(=O)C2CC2)C1. The van der Waals surface area contributed by atoms with Crippen molar-refractivity contribution in [2.75, 3.05) is 23.3 Å². The molecule has 2 aromatic carbocycles. The Morgan fingerprint density at radius 3 is 2.57 bits per heavy atom. The molecule has 2 aromatic rings. The lowest BCUT2D eigenvalue weighted by Gasteiger charge is -2.31. The molecule has 2 amide bonds. The normalized spacial score (nSPS) is 22.6. The van der Waals surface area contributed by atoms with Crippen molar-refractivity contribution in [3.05, 3.63) is 53.6 Å². The maximum absolute atomic E-state index is 13.5. The molecule has 0 aromatic heterocycles. The zero-order valence-electron chi connectivity index (χ0n) is 20.4. The van der Waals surface area contributed by atoms with Gasteiger partial charge in [0.2, 0.25) is 21.8 Å². The maximum atomic E-state index is 13.5. The first kappa shape index (κ1) is 24.0. The average Bonchev–Trinajstić information content (AvgIpc) is 3.66. The molecule has 2 aliphatic heterocycles. The van der Waals surface area contributed by atoms with Crippen LogP contribution in [0.5, 0.6) is 0 Å². The Kier molecular flexibility index (Phi) is 6.44. The van der Waals surface area contributed by atoms with Crippen LogP contribution >= 0.6 is 0 Å². The van der Waals surface area contributed by atoms with Crippen LogP contribution in [0, 0.1) is 11.8 Å². The second kappa shape index (κ2) is 9.39. The minimum absolute atomic E-state index is 0.0325. The summed E-state index contributed by atoms with van der Waals surface area (Å²) in [6.45, 7) is 4.62. The number of amides is 2. The van der Waals surface area contributed by atoms with Gasteiger partial charge in [0.1, 0.15) is 0 Å². The van der Waals surface area contributed by atoms with Crippen LogP contribution in [0.25, 0.3) is 0 Å². The summed E-state index contributed by atoms with van der Waals surface area (Å²) in [5.74, 6) is -0.263. The molecule has 0 unspecified atom stereocenters. The van der Waals surface area contributed by atoms with E-state index in [2.05, 4.69) is 5.32 Å². The van der Waals surface area contributed by atoms with E-state index >= 15 is 0 Å². The number of hydrogen-bond acceptors (Lipinski definition) is 4. The van der Waals surface area contributed by atoms with Crippen molar-refractivity contribution in [3.63, 3.8) is 0 Å². The molecular weight excluding hydrogens is 462 g/mol. The van der Waals surface area contributed by atoms with Crippen molar-refractivity contribution >= 4 is 33.2 Å². The van der Waals surface area contributed by atoms with Crippen molar-refractivity contribution in [1.82, 2.24) is 4.31 Å². The Labute approximate surface area is 207 Å². The molecule has 1 saturated heterocycles. The highest BCUT2D eigenvalue weighted by Crippen LogP contribution is 2.40. The van der Waals surface area contributed by atoms with E-state index in [1.165, 1.54) is 4.31 Å². The molecule has 0 bridgehead atoms. The van der Waals surface area contributed by atoms with Crippen LogP contribution in [0.2, 0.25) is 0 Å². The fraction of sp³-hybridized carbons (Fsp3) is 0.481. The highest BCUT2D eigenvalue weighted by molar-refractivity contribution is 7.89. The number of para-hydroxylation sites is 1. The molecule has 1 aliphatic carbocycles. The van der Waals surface area contributed by atoms with Gasteiger partial charge in [0.15, 0.2) is 0 Å². The van der Waals surface area contributed by atoms with Gasteiger partial charge in [-0.15, -0.1) is 0 Å². The van der Waals surface area contributed by atoms with Crippen LogP contribution in [-0.4, -0.2) is 43.7 Å². The van der Waals surface area contributed by atoms with Crippen LogP contribution in [0.3, 0.4) is 0 Å². The van der Waals surface area contributed by atoms with Crippen molar-refractivity contribution in [1.29, 1.82) is 0 Å². The number of sulfonamides is 1. The molecule has 2 fully saturated rings. The van der Waals surface area contributed by atoms with Crippen LogP contribution in [0.1, 0.15) is 50.7 Å². The number of hydrogen-bond donors (Lipinski definition) is 1. The van der Waals surface area contributed by atoms with Crippen molar-refractivity contribution in [2.45, 2.75) is 63.3 Å². The predicted octanol–water partition coefficient (Wildman–Crippen LogP) is 3.98. The lowest BCUT2D eigenvalue weighted by atomic mass is 9.98. The van der Waals surface area contributed by atoms with Gasteiger partial charge in [-0.1, -0.05) is 25.1 Å². The van der Waals surface area contributed by atoms with E-state index in [1.54, 1.807) is 18.2 Å². The minimum Gasteiger partial charge on any atom is -0.326 e. The highest BCUT2D eigenvalue weighted by atomic mass is 32.2. The molecule has 1 saturated carbocycles. The highest BCUT2D eigenvalue weighted by Gasteiger charge is 2.40. The maximum Gasteiger partial charge on any atom is 0.243 e. The Bertz CT molecular complexity index is 1250. The number of anilines is 2. The third kappa shape index (κ3) is 4.61. The second-order valence-electron chi connectivity index (χ2n) is 10.0. The van der Waals surface area contributed by atoms with Gasteiger partial charge in [-0.25, -0.2) is 8.42 Å². The first-order valence-electron chi connectivity index (χ1n) is 12.6. The second-order valence-corrected chi connectivity index (χ2v) is 12.0. The molecule has 35 heavy (non-hydrogen) atoms. The molecule has 1 N–H and O–H groups in total. The van der Waals surface area contributed by atoms with Crippen molar-refractivity contribution < 1.29 is 18.0 Å². The van der Waals surface area contributed by atoms with Gasteiger partial charge in [0.25, 0.3) is 0 Å². The molecule has 5 rings (SSSR count). The quantitative estimate of drug-likeness (QED) is 0.657. The topological polar surface area (TPSA) is 86.8 Å². The summed E-state index contributed by atoms with van der Waals surface area (Å²) in [6, 6.07) is 12.9. The Morgan fingerprint density at radius 2 is 1.83 bits per heavy atom. The van der Waals surface area contributed by atoms with Crippen LogP contribution in [-0.2, 0) is 32.5 Å². The fourth-order valence-corrected chi connectivity index (χ4v) is 6.91. The van der Waals surface area contributed by atoms with Crippen molar-refractivity contribution in [2.24, 2.45) is 11.8 Å². The van der Waals surface area contributed by atoms with Crippen LogP contribution in [0.15, 0.2) is 47.4 Å². The number of carbonyl (C=O) groups is 2. The van der Waals surface area contributed by atoms with E-state index in [9.17, 15) is 18.0 Å². The molecule has 0 spiro atoms. The first-order chi connectivity index (χ1) is 16.8. The van der Waals surface area contributed by atoms with Gasteiger partial charge < -0.3 is 10.2 Å². The number of carbonyl (C=O) groups excluding carboxylic acids is 2. The minimum atomic E-state index is -3.75. The van der Waals surface area contributed by atoms with Gasteiger partial charge in [0.05, 0.1) is 10.8 Å². The van der Waals surface area contributed by atoms with Gasteiger partial charge >= 0.3 is 0 Å². The smallest absolute Gasteiger partial charge is 0.243 e. The van der Waals surface area contributed by atoms with Gasteiger partial charge in [-0.2, -0.15) is 4.31 Å². The standard InChI is InChI=1S/C27H33N3O4S/c1-3-19-7-4-5-9-24(19)28-26(31)21-8-6-14-29(17-21)35(33,34)23-12-13-25-22(16-23)15-18(2)30(25)27(32)20-10-11-20/h4-5,7,9,12-13,16,18,20-21H,3,6,8,10-11,14-15,17H2,1-2H3,(H,28,31)/t18-,21+/m1/s1. The van der Waals surface area contributed by atoms with Gasteiger partial charge in [-0.05, 0) is 80.8 Å². The summed E-state index contributed by atoms with van der Waals surface area (Å²) in [5.41, 5.74) is 3.58. The molecule has 186 valence electrons. The molecule has 3 aliphatic rings. The van der Waals surface area contributed by atoms with Gasteiger partial charge in [-0.3, -0.25) is 9.59 Å². The van der Waals surface area contributed by atoms with Crippen LogP contribution in [0.4, 0.5) is 11.4 Å². The third-order valence-corrected chi connectivity index (χ3v) is 9.34. The summed E-state index contributed by atoms with van der Waals surface area (Å²) < 4.78 is 28.5. The van der Waals surface area contributed by atoms with Crippen LogP contribution < -0.4 is 10.2 Å². The van der Waals surface area contributed by atoms with Crippen molar-refractivity contribution in [3.8, 4) is 0 Å². The summed E-state index contributed by atoms with van der Waals surface area (Å²) in [4.78, 5) is 27.9. The number of benzene rings is 2. The number of piperidine rings is 1. The Morgan fingerprint density at radius 1 is 1.06 bits per heavy atom. The molecule has 8 heteroatoms. The average molecular weight is 496 g/mol. The number of nitrogens with zero attached hydrogens (tertiary/aromatic N) is 2. The number of fused-ring (bicyclic) bond motifs is 1. The lowest BCUT2D eigenvalue weighted by Crippen LogP contribution is -2.43. The monoisotopic (exact) mass is 495 g/mol. The van der Waals surface area contributed by atoms with E-state index in [4.69, 9.17) is 0 Å². The number of aryl methyl sites for hydroxylation is 1. The van der Waals surface area contributed by atoms with E-state index in [-0.39, 0.29) is 35.2 Å². The molecular formula is C27H33N3O4S. The summed E-state index contributed by atoms with van der Waals surface area (Å²) in [5, 5.41) is 3.01. The summed E-state index contributed by atoms with van der Waals surface area (Å²) >= 11 is 0. The Hall–Kier alpha value is -2.71. The first-order valence-corrected chi connectivity index (χ1v) is 14.1. The van der Waals surface area contributed by atoms with Gasteiger partial charge in [0, 0.05) is 36.4 Å². The molecule has 2 heterocycles. The third-order valence-electron chi connectivity index (χ3n) is 7.48. The van der Waals surface area contributed by atoms with E-state index in [0.717, 1.165) is 41.8 Å². The molecule has 0 radical (unpaired) electrons. The number of rotatable bonds is 6. The van der Waals surface area contributed by atoms with E-state index in [0.29, 0.717) is 25.8 Å². The largest absolute Gasteiger partial charge is 0.326 e. The predicted molar refractivity (Wildman–Crippen MR) is 136 cm³/mol. The summed E-state index contributed by atoms with van der Waals surface area (Å²) in [7, 11) is -3.75. The summed E-state index contributed by atoms with van der Waals surface area (Å²) in [6.07, 6.45) is 4.64. The lowest BCUT2D eigenvalue weighted by molar-refractivity contribution is -0.121. The zero-order chi connectivity index (χ0) is 24.7. The van der Waals surface area contributed by atoms with E-state index in [1.807, 2.05) is 43.0 Å². The van der Waals surface area contributed by atoms with E-state index < -0.39 is 15.9 Å². The fourth-order valence-electron chi connectivity index (χ4n) is 5.34. The Balaban J connectivity index is 1.32. The molecule has 2 atom stereocenters. The molecule has 7 nitrogen and oxygen atoms in total. The number of nitrogens with one attached hydrogen (secondary N) is 1.